The van der Waals surface area contributed by atoms with Crippen molar-refractivity contribution in [3.63, 3.8) is 0 Å². The molecule has 0 spiro atoms. The van der Waals surface area contributed by atoms with Gasteiger partial charge in [-0.05, 0) is 6.92 Å². The Hall–Kier alpha value is -0.380. The fourth-order valence-corrected chi connectivity index (χ4v) is 0.203. The van der Waals surface area contributed by atoms with E-state index >= 15 is 0 Å². The summed E-state index contributed by atoms with van der Waals surface area (Å²) in [7, 11) is -3.65. The normalized spacial score (nSPS) is 9.75. The molecule has 0 radical (unpaired) electrons. The fraction of sp³-hybridized carbons (Fsp3) is 0.833. The summed E-state index contributed by atoms with van der Waals surface area (Å²) in [5, 5.41) is 0. The molecule has 2 N–H and O–H groups in total. The Morgan fingerprint density at radius 2 is 1.75 bits per heavy atom. The molecule has 74 valence electrons. The maximum atomic E-state index is 9.82. The van der Waals surface area contributed by atoms with Crippen LogP contribution in [0.4, 0.5) is 0 Å². The number of ether oxygens (including phenoxy) is 1. The van der Waals surface area contributed by atoms with Crippen LogP contribution in [0.3, 0.4) is 0 Å². The van der Waals surface area contributed by atoms with Crippen LogP contribution < -0.4 is 0 Å². The van der Waals surface area contributed by atoms with Crippen LogP contribution in [0, 0.1) is 0 Å². The maximum Gasteiger partial charge on any atom is 0.325 e. The lowest BCUT2D eigenvalue weighted by molar-refractivity contribution is -0.140. The van der Waals surface area contributed by atoms with Crippen LogP contribution in [0.1, 0.15) is 20.8 Å². The van der Waals surface area contributed by atoms with Crippen LogP contribution in [0.25, 0.3) is 0 Å². The van der Waals surface area contributed by atoms with E-state index in [0.29, 0.717) is 6.61 Å². The van der Waals surface area contributed by atoms with Gasteiger partial charge in [0.25, 0.3) is 0 Å². The lowest BCUT2D eigenvalue weighted by atomic mass is 10.8. The Morgan fingerprint density at radius 1 is 1.42 bits per heavy atom. The maximum absolute atomic E-state index is 9.82. The first kappa shape index (κ1) is 14.2. The molecule has 0 atom stereocenters. The molecule has 0 amide bonds. The van der Waals surface area contributed by atoms with Gasteiger partial charge in [0, 0.05) is 13.1 Å². The molecule has 0 saturated carbocycles. The first-order valence-electron chi connectivity index (χ1n) is 3.51. The number of rotatable bonds is 2. The van der Waals surface area contributed by atoms with Crippen LogP contribution in [-0.4, -0.2) is 28.5 Å². The van der Waals surface area contributed by atoms with Crippen molar-refractivity contribution >= 4 is 13.6 Å². The van der Waals surface area contributed by atoms with Crippen molar-refractivity contribution in [1.82, 2.24) is 0 Å². The first-order valence-corrected chi connectivity index (χ1v) is 5.31. The molecule has 0 rings (SSSR count). The molecular weight excluding hydrogens is 183 g/mol. The summed E-state index contributed by atoms with van der Waals surface area (Å²) < 4.78 is 14.1. The van der Waals surface area contributed by atoms with Crippen molar-refractivity contribution in [2.24, 2.45) is 0 Å². The summed E-state index contributed by atoms with van der Waals surface area (Å²) >= 11 is 0. The van der Waals surface area contributed by atoms with Crippen LogP contribution in [0.15, 0.2) is 0 Å². The first-order chi connectivity index (χ1) is 5.33. The number of hydrogen-bond donors (Lipinski definition) is 2. The van der Waals surface area contributed by atoms with Gasteiger partial charge in [-0.3, -0.25) is 9.36 Å². The molecule has 0 heterocycles. The number of esters is 1. The fourth-order valence-electron chi connectivity index (χ4n) is 0.203. The summed E-state index contributed by atoms with van der Waals surface area (Å²) in [5.41, 5.74) is 0. The molecule has 0 aliphatic rings. The minimum atomic E-state index is -3.65. The van der Waals surface area contributed by atoms with E-state index in [1.54, 1.807) is 6.92 Å². The highest BCUT2D eigenvalue weighted by atomic mass is 31.2. The quantitative estimate of drug-likeness (QED) is 0.505. The molecule has 0 unspecified atom stereocenters. The van der Waals surface area contributed by atoms with Gasteiger partial charge >= 0.3 is 13.6 Å². The predicted molar refractivity (Wildman–Crippen MR) is 44.9 cm³/mol. The smallest absolute Gasteiger partial charge is 0.325 e. The Bertz CT molecular complexity index is 161. The van der Waals surface area contributed by atoms with E-state index in [1.807, 2.05) is 0 Å². The van der Waals surface area contributed by atoms with Gasteiger partial charge in [-0.1, -0.05) is 6.92 Å². The standard InChI is InChI=1S/C4H8O2.C2H7O3P/c1-3-6-4(2)5;1-2-6(3,4)5/h3H2,1-2H3;2H2,1H3,(H2,3,4,5). The zero-order valence-corrected chi connectivity index (χ0v) is 8.38. The van der Waals surface area contributed by atoms with Gasteiger partial charge in [-0.15, -0.1) is 0 Å². The summed E-state index contributed by atoms with van der Waals surface area (Å²) in [4.78, 5) is 25.7. The lowest BCUT2D eigenvalue weighted by Crippen LogP contribution is -1.95. The zero-order valence-electron chi connectivity index (χ0n) is 7.48. The van der Waals surface area contributed by atoms with Crippen molar-refractivity contribution in [2.75, 3.05) is 12.8 Å². The van der Waals surface area contributed by atoms with Crippen LogP contribution in [0.5, 0.6) is 0 Å². The van der Waals surface area contributed by atoms with Gasteiger partial charge in [-0.25, -0.2) is 0 Å². The van der Waals surface area contributed by atoms with Crippen LogP contribution in [0.2, 0.25) is 0 Å². The molecule has 0 aromatic rings. The van der Waals surface area contributed by atoms with E-state index in [-0.39, 0.29) is 12.1 Å². The van der Waals surface area contributed by atoms with Crippen LogP contribution in [-0.2, 0) is 14.1 Å². The molecule has 12 heavy (non-hydrogen) atoms. The summed E-state index contributed by atoms with van der Waals surface area (Å²) in [6, 6.07) is 0. The highest BCUT2D eigenvalue weighted by Crippen LogP contribution is 2.32. The minimum Gasteiger partial charge on any atom is -0.466 e. The molecule has 0 saturated heterocycles. The van der Waals surface area contributed by atoms with Crippen molar-refractivity contribution in [3.05, 3.63) is 0 Å². The predicted octanol–water partition coefficient (Wildman–Crippen LogP) is 0.753. The highest BCUT2D eigenvalue weighted by Gasteiger charge is 2.05. The third-order valence-corrected chi connectivity index (χ3v) is 1.58. The second-order valence-electron chi connectivity index (χ2n) is 1.91. The molecule has 6 heteroatoms. The molecule has 0 aliphatic carbocycles. The monoisotopic (exact) mass is 198 g/mol. The third kappa shape index (κ3) is 22.6. The molecule has 0 aromatic heterocycles. The highest BCUT2D eigenvalue weighted by molar-refractivity contribution is 7.51. The number of hydrogen-bond acceptors (Lipinski definition) is 3. The van der Waals surface area contributed by atoms with E-state index in [0.717, 1.165) is 0 Å². The topological polar surface area (TPSA) is 83.8 Å². The van der Waals surface area contributed by atoms with E-state index in [9.17, 15) is 9.36 Å². The summed E-state index contributed by atoms with van der Waals surface area (Å²) in [5.74, 6) is -0.211. The van der Waals surface area contributed by atoms with Gasteiger partial charge in [-0.2, -0.15) is 0 Å². The van der Waals surface area contributed by atoms with Gasteiger partial charge in [0.2, 0.25) is 0 Å². The molecule has 0 aliphatic heterocycles. The molecular formula is C6H15O5P. The van der Waals surface area contributed by atoms with E-state index in [1.165, 1.54) is 13.8 Å². The van der Waals surface area contributed by atoms with Crippen molar-refractivity contribution in [3.8, 4) is 0 Å². The van der Waals surface area contributed by atoms with Crippen molar-refractivity contribution < 1.29 is 23.9 Å². The summed E-state index contributed by atoms with van der Waals surface area (Å²) in [6.07, 6.45) is -0.0625. The molecule has 0 aromatic carbocycles. The Morgan fingerprint density at radius 3 is 1.75 bits per heavy atom. The number of carbonyl (C=O) groups excluding carboxylic acids is 1. The van der Waals surface area contributed by atoms with Gasteiger partial charge < -0.3 is 14.5 Å². The Balaban J connectivity index is 0. The van der Waals surface area contributed by atoms with Crippen molar-refractivity contribution in [1.29, 1.82) is 0 Å². The Kier molecular flexibility index (Phi) is 8.59. The average molecular weight is 198 g/mol. The Labute approximate surface area is 71.9 Å². The second-order valence-corrected chi connectivity index (χ2v) is 3.87. The van der Waals surface area contributed by atoms with E-state index in [2.05, 4.69) is 4.74 Å². The van der Waals surface area contributed by atoms with Crippen molar-refractivity contribution in [2.45, 2.75) is 20.8 Å². The molecule has 0 fully saturated rings. The molecule has 5 nitrogen and oxygen atoms in total. The van der Waals surface area contributed by atoms with Gasteiger partial charge in [0.05, 0.1) is 6.61 Å². The zero-order chi connectivity index (χ0) is 10.2. The largest absolute Gasteiger partial charge is 0.466 e. The summed E-state index contributed by atoms with van der Waals surface area (Å²) in [6.45, 7) is 5.10. The van der Waals surface area contributed by atoms with Gasteiger partial charge in [0.1, 0.15) is 0 Å². The average Bonchev–Trinajstić information content (AvgIpc) is 1.87. The SMILES string of the molecule is CCOC(C)=O.CCP(=O)(O)O. The lowest BCUT2D eigenvalue weighted by Gasteiger charge is -1.92. The van der Waals surface area contributed by atoms with E-state index < -0.39 is 7.60 Å². The molecule has 0 bridgehead atoms. The number of carbonyl (C=O) groups is 1. The third-order valence-electron chi connectivity index (χ3n) is 0.760. The van der Waals surface area contributed by atoms with Crippen LogP contribution >= 0.6 is 7.60 Å². The minimum absolute atomic E-state index is 0.0625. The van der Waals surface area contributed by atoms with E-state index in [4.69, 9.17) is 9.79 Å². The van der Waals surface area contributed by atoms with Gasteiger partial charge in [0.15, 0.2) is 0 Å². The second kappa shape index (κ2) is 7.28.